The number of nitrogens with two attached hydrogens (primary N) is 1. The molecule has 1 aromatic rings. The van der Waals surface area contributed by atoms with E-state index in [1.165, 1.54) is 6.07 Å². The lowest BCUT2D eigenvalue weighted by atomic mass is 10.0. The number of benzene rings is 1. The maximum Gasteiger partial charge on any atom is 0.257 e. The van der Waals surface area contributed by atoms with Gasteiger partial charge in [0.25, 0.3) is 5.91 Å². The minimum atomic E-state index is -0.549. The fourth-order valence-electron chi connectivity index (χ4n) is 2.41. The molecular weight excluding hydrogens is 223 g/mol. The van der Waals surface area contributed by atoms with Crippen LogP contribution in [0.2, 0.25) is 0 Å². The van der Waals surface area contributed by atoms with Crippen LogP contribution in [-0.2, 0) is 0 Å². The number of nitrogen functional groups attached to an aromatic ring is 1. The summed E-state index contributed by atoms with van der Waals surface area (Å²) in [5.41, 5.74) is 6.54. The summed E-state index contributed by atoms with van der Waals surface area (Å²) in [7, 11) is 0. The van der Waals surface area contributed by atoms with Crippen molar-refractivity contribution in [1.82, 2.24) is 10.6 Å². The van der Waals surface area contributed by atoms with Gasteiger partial charge in [-0.25, -0.2) is 4.39 Å². The molecule has 0 bridgehead atoms. The van der Waals surface area contributed by atoms with Crippen molar-refractivity contribution in [3.63, 3.8) is 0 Å². The van der Waals surface area contributed by atoms with Crippen LogP contribution >= 0.6 is 0 Å². The normalized spacial score (nSPS) is 22.8. The molecule has 0 saturated carbocycles. The number of hydrogen-bond acceptors (Lipinski definition) is 4. The smallest absolute Gasteiger partial charge is 0.257 e. The molecule has 3 rings (SSSR count). The second-order valence-corrected chi connectivity index (χ2v) is 4.24. The quantitative estimate of drug-likeness (QED) is 0.550. The number of carbonyl (C=O) groups excluding carboxylic acids is 1. The van der Waals surface area contributed by atoms with Crippen LogP contribution < -0.4 is 21.3 Å². The maximum absolute atomic E-state index is 13.4. The van der Waals surface area contributed by atoms with E-state index in [4.69, 9.17) is 5.73 Å². The van der Waals surface area contributed by atoms with Gasteiger partial charge >= 0.3 is 0 Å². The number of anilines is 2. The van der Waals surface area contributed by atoms with Crippen molar-refractivity contribution in [2.75, 3.05) is 30.3 Å². The lowest BCUT2D eigenvalue weighted by Crippen LogP contribution is -2.62. The van der Waals surface area contributed by atoms with E-state index in [1.807, 2.05) is 4.90 Å². The van der Waals surface area contributed by atoms with Crippen LogP contribution in [0.3, 0.4) is 0 Å². The Labute approximate surface area is 97.8 Å². The molecule has 0 aromatic heterocycles. The van der Waals surface area contributed by atoms with Crippen LogP contribution in [0.1, 0.15) is 10.4 Å². The van der Waals surface area contributed by atoms with Crippen LogP contribution in [0.25, 0.3) is 0 Å². The van der Waals surface area contributed by atoms with Gasteiger partial charge in [0.1, 0.15) is 12.0 Å². The molecule has 2 aliphatic rings. The molecular formula is C11H13FN4O. The Balaban J connectivity index is 2.14. The zero-order valence-electron chi connectivity index (χ0n) is 9.16. The van der Waals surface area contributed by atoms with Gasteiger partial charge in [-0.3, -0.25) is 4.79 Å². The van der Waals surface area contributed by atoms with Crippen molar-refractivity contribution < 1.29 is 9.18 Å². The predicted octanol–water partition coefficient (Wildman–Crippen LogP) is -0.113. The molecule has 1 aromatic carbocycles. The summed E-state index contributed by atoms with van der Waals surface area (Å²) in [6.45, 7) is 2.29. The van der Waals surface area contributed by atoms with Crippen molar-refractivity contribution in [2.45, 2.75) is 6.17 Å². The van der Waals surface area contributed by atoms with Gasteiger partial charge in [-0.2, -0.15) is 0 Å². The number of fused-ring (bicyclic) bond motifs is 3. The van der Waals surface area contributed by atoms with Gasteiger partial charge in [-0.1, -0.05) is 0 Å². The van der Waals surface area contributed by atoms with Crippen LogP contribution in [0.15, 0.2) is 12.1 Å². The highest BCUT2D eigenvalue weighted by Crippen LogP contribution is 2.32. The zero-order chi connectivity index (χ0) is 12.0. The molecule has 1 amide bonds. The van der Waals surface area contributed by atoms with Gasteiger partial charge in [0.2, 0.25) is 0 Å². The Morgan fingerprint density at radius 1 is 1.47 bits per heavy atom. The average Bonchev–Trinajstić information content (AvgIpc) is 2.33. The van der Waals surface area contributed by atoms with E-state index in [0.29, 0.717) is 6.54 Å². The molecule has 0 radical (unpaired) electrons. The predicted molar refractivity (Wildman–Crippen MR) is 62.3 cm³/mol. The SMILES string of the molecule is Nc1c(F)ccc2c1C(=O)N[C@@H]1CNCCN21. The second-order valence-electron chi connectivity index (χ2n) is 4.24. The molecule has 90 valence electrons. The third-order valence-corrected chi connectivity index (χ3v) is 3.25. The summed E-state index contributed by atoms with van der Waals surface area (Å²) in [5, 5.41) is 6.02. The first kappa shape index (κ1) is 10.3. The summed E-state index contributed by atoms with van der Waals surface area (Å²) in [6.07, 6.45) is -0.0754. The summed E-state index contributed by atoms with van der Waals surface area (Å²) in [4.78, 5) is 13.9. The maximum atomic E-state index is 13.4. The fraction of sp³-hybridized carbons (Fsp3) is 0.364. The highest BCUT2D eigenvalue weighted by atomic mass is 19.1. The number of hydrogen-bond donors (Lipinski definition) is 3. The Bertz CT molecular complexity index is 491. The molecule has 4 N–H and O–H groups in total. The van der Waals surface area contributed by atoms with Crippen molar-refractivity contribution in [2.24, 2.45) is 0 Å². The molecule has 1 atom stereocenters. The van der Waals surface area contributed by atoms with E-state index in [9.17, 15) is 9.18 Å². The molecule has 6 heteroatoms. The first-order valence-electron chi connectivity index (χ1n) is 5.54. The fourth-order valence-corrected chi connectivity index (χ4v) is 2.41. The summed E-state index contributed by atoms with van der Waals surface area (Å²) >= 11 is 0. The Hall–Kier alpha value is -1.82. The molecule has 0 aliphatic carbocycles. The van der Waals surface area contributed by atoms with E-state index in [2.05, 4.69) is 10.6 Å². The molecule has 0 spiro atoms. The monoisotopic (exact) mass is 236 g/mol. The van der Waals surface area contributed by atoms with Crippen molar-refractivity contribution >= 4 is 17.3 Å². The number of carbonyl (C=O) groups is 1. The minimum absolute atomic E-state index is 0.0722. The molecule has 0 unspecified atom stereocenters. The van der Waals surface area contributed by atoms with E-state index < -0.39 is 5.82 Å². The van der Waals surface area contributed by atoms with Gasteiger partial charge in [0.15, 0.2) is 0 Å². The largest absolute Gasteiger partial charge is 0.396 e. The second kappa shape index (κ2) is 3.59. The first-order valence-corrected chi connectivity index (χ1v) is 5.54. The van der Waals surface area contributed by atoms with E-state index in [1.54, 1.807) is 6.07 Å². The van der Waals surface area contributed by atoms with Crippen LogP contribution in [-0.4, -0.2) is 31.7 Å². The van der Waals surface area contributed by atoms with E-state index in [-0.39, 0.29) is 23.3 Å². The lowest BCUT2D eigenvalue weighted by Gasteiger charge is -2.42. The van der Waals surface area contributed by atoms with Crippen LogP contribution in [0.5, 0.6) is 0 Å². The number of nitrogens with zero attached hydrogens (tertiary/aromatic N) is 1. The first-order chi connectivity index (χ1) is 8.18. The number of amides is 1. The van der Waals surface area contributed by atoms with E-state index >= 15 is 0 Å². The standard InChI is InChI=1S/C11H13FN4O/c12-6-1-2-7-9(10(6)13)11(17)15-8-5-14-3-4-16(7)8/h1-2,8,14H,3-5,13H2,(H,15,17)/t8-/m0/s1. The highest BCUT2D eigenvalue weighted by Gasteiger charge is 2.34. The van der Waals surface area contributed by atoms with Gasteiger partial charge < -0.3 is 21.3 Å². The number of nitrogens with one attached hydrogen (secondary N) is 2. The third kappa shape index (κ3) is 1.44. The van der Waals surface area contributed by atoms with Gasteiger partial charge in [-0.15, -0.1) is 0 Å². The van der Waals surface area contributed by atoms with Crippen molar-refractivity contribution in [1.29, 1.82) is 0 Å². The average molecular weight is 236 g/mol. The summed E-state index contributed by atoms with van der Waals surface area (Å²) in [5.74, 6) is -0.852. The summed E-state index contributed by atoms with van der Waals surface area (Å²) in [6, 6.07) is 2.93. The number of piperazine rings is 1. The number of rotatable bonds is 0. The van der Waals surface area contributed by atoms with E-state index in [0.717, 1.165) is 18.8 Å². The third-order valence-electron chi connectivity index (χ3n) is 3.25. The zero-order valence-corrected chi connectivity index (χ0v) is 9.16. The number of halogens is 1. The Kier molecular flexibility index (Phi) is 2.19. The van der Waals surface area contributed by atoms with Gasteiger partial charge in [0.05, 0.1) is 16.9 Å². The minimum Gasteiger partial charge on any atom is -0.396 e. The highest BCUT2D eigenvalue weighted by molar-refractivity contribution is 6.06. The molecule has 1 fully saturated rings. The topological polar surface area (TPSA) is 70.4 Å². The Morgan fingerprint density at radius 2 is 2.29 bits per heavy atom. The molecule has 1 saturated heterocycles. The van der Waals surface area contributed by atoms with Gasteiger partial charge in [0, 0.05) is 19.6 Å². The summed E-state index contributed by atoms with van der Waals surface area (Å²) < 4.78 is 13.4. The lowest BCUT2D eigenvalue weighted by molar-refractivity contribution is 0.0923. The molecule has 17 heavy (non-hydrogen) atoms. The van der Waals surface area contributed by atoms with Crippen LogP contribution in [0.4, 0.5) is 15.8 Å². The van der Waals surface area contributed by atoms with Gasteiger partial charge in [-0.05, 0) is 12.1 Å². The van der Waals surface area contributed by atoms with Crippen molar-refractivity contribution in [3.05, 3.63) is 23.5 Å². The molecule has 2 heterocycles. The Morgan fingerprint density at radius 3 is 3.12 bits per heavy atom. The van der Waals surface area contributed by atoms with Crippen molar-refractivity contribution in [3.8, 4) is 0 Å². The molecule has 5 nitrogen and oxygen atoms in total. The molecule has 2 aliphatic heterocycles. The van der Waals surface area contributed by atoms with Crippen LogP contribution in [0, 0.1) is 5.82 Å².